The van der Waals surface area contributed by atoms with Crippen molar-refractivity contribution in [3.05, 3.63) is 35.4 Å². The van der Waals surface area contributed by atoms with Gasteiger partial charge in [-0.05, 0) is 6.07 Å². The molecule has 14 nitrogen and oxygen atoms in total. The van der Waals surface area contributed by atoms with Crippen molar-refractivity contribution in [1.82, 2.24) is 0 Å². The molecule has 1 saturated heterocycles. The Bertz CT molecular complexity index is 1260. The van der Waals surface area contributed by atoms with Crippen molar-refractivity contribution in [1.29, 1.82) is 0 Å². The number of Topliss-reactive ketones (excluding diaryl/α,β-unsaturated/α-hetero) is 1. The van der Waals surface area contributed by atoms with E-state index in [4.69, 9.17) is 33.2 Å². The van der Waals surface area contributed by atoms with Crippen LogP contribution < -0.4 is 28.4 Å². The Morgan fingerprint density at radius 3 is 2.18 bits per heavy atom. The number of benzene rings is 2. The fourth-order valence-electron chi connectivity index (χ4n) is 4.91. The smallest absolute Gasteiger partial charge is 0.238 e. The molecule has 5 unspecified atom stereocenters. The summed E-state index contributed by atoms with van der Waals surface area (Å²) in [5, 5.41) is 62.9. The van der Waals surface area contributed by atoms with Crippen molar-refractivity contribution in [3.63, 3.8) is 0 Å². The molecule has 39 heavy (non-hydrogen) atoms. The van der Waals surface area contributed by atoms with Gasteiger partial charge in [0.2, 0.25) is 24.5 Å². The van der Waals surface area contributed by atoms with Gasteiger partial charge < -0.3 is 63.8 Å². The molecule has 3 aliphatic heterocycles. The van der Waals surface area contributed by atoms with E-state index in [0.29, 0.717) is 0 Å². The summed E-state index contributed by atoms with van der Waals surface area (Å²) < 4.78 is 38.4. The number of hydrogen-bond acceptors (Lipinski definition) is 14. The zero-order chi connectivity index (χ0) is 28.2. The quantitative estimate of drug-likeness (QED) is 0.240. The number of carbonyl (C=O) groups excluding carboxylic acids is 1. The van der Waals surface area contributed by atoms with Crippen molar-refractivity contribution in [2.75, 3.05) is 27.9 Å². The van der Waals surface area contributed by atoms with Gasteiger partial charge in [-0.1, -0.05) is 0 Å². The normalized spacial score (nSPS) is 33.1. The summed E-state index contributed by atoms with van der Waals surface area (Å²) in [6, 6.07) is 5.25. The lowest BCUT2D eigenvalue weighted by Crippen LogP contribution is -2.62. The van der Waals surface area contributed by atoms with Crippen LogP contribution in [0.1, 0.15) is 15.9 Å². The topological polar surface area (TPSA) is 203 Å². The molecule has 0 saturated carbocycles. The predicted molar refractivity (Wildman–Crippen MR) is 126 cm³/mol. The molecule has 8 atom stereocenters. The average Bonchev–Trinajstić information content (AvgIpc) is 2.93. The lowest BCUT2D eigenvalue weighted by molar-refractivity contribution is -0.277. The molecular formula is C25H28O14. The number of hydrogen-bond donors (Lipinski definition) is 6. The highest BCUT2D eigenvalue weighted by Gasteiger charge is 2.60. The van der Waals surface area contributed by atoms with Gasteiger partial charge >= 0.3 is 0 Å². The summed E-state index contributed by atoms with van der Waals surface area (Å²) in [6.45, 7) is -0.704. The minimum absolute atomic E-state index is 0.0655. The first-order valence-electron chi connectivity index (χ1n) is 11.8. The van der Waals surface area contributed by atoms with Crippen molar-refractivity contribution >= 4 is 5.78 Å². The highest BCUT2D eigenvalue weighted by Crippen LogP contribution is 2.52. The van der Waals surface area contributed by atoms with Crippen LogP contribution in [0.2, 0.25) is 0 Å². The van der Waals surface area contributed by atoms with Crippen molar-refractivity contribution in [2.45, 2.75) is 48.7 Å². The summed E-state index contributed by atoms with van der Waals surface area (Å²) in [5.41, 5.74) is -2.90. The van der Waals surface area contributed by atoms with E-state index in [-0.39, 0.29) is 45.6 Å². The number of carbonyl (C=O) groups is 1. The molecule has 212 valence electrons. The third kappa shape index (κ3) is 4.12. The molecule has 2 aromatic carbocycles. The standard InChI is InChI=1S/C25H28O14/c1-33-9-4-14-17(15(5-9)38-24-20(29)19(28)18(27)16(8-26)39-24)21(30)25(32)10-6-12(34-2)13(35-3)7-11(10)37-23(31)22(25)36-14/h4-7,16,18-20,22-24,26-29,31-32H,8H2,1-3H3/t16?,18?,19?,20?,22-,23-,24?,25+/m1/s1. The lowest BCUT2D eigenvalue weighted by atomic mass is 9.76. The molecule has 0 aromatic heterocycles. The first-order valence-corrected chi connectivity index (χ1v) is 11.8. The second-order valence-corrected chi connectivity index (χ2v) is 9.16. The van der Waals surface area contributed by atoms with E-state index in [1.165, 1.54) is 45.6 Å². The number of aliphatic hydroxyl groups is 6. The van der Waals surface area contributed by atoms with Crippen LogP contribution in [0.5, 0.6) is 34.5 Å². The zero-order valence-corrected chi connectivity index (χ0v) is 21.0. The minimum atomic E-state index is -2.51. The Morgan fingerprint density at radius 2 is 1.54 bits per heavy atom. The second kappa shape index (κ2) is 9.98. The summed E-state index contributed by atoms with van der Waals surface area (Å²) in [5.74, 6) is -0.963. The molecule has 2 aromatic rings. The molecule has 5 rings (SSSR count). The minimum Gasteiger partial charge on any atom is -0.496 e. The maximum Gasteiger partial charge on any atom is 0.238 e. The van der Waals surface area contributed by atoms with Gasteiger partial charge in [0.15, 0.2) is 17.1 Å². The second-order valence-electron chi connectivity index (χ2n) is 9.16. The van der Waals surface area contributed by atoms with Crippen molar-refractivity contribution in [3.8, 4) is 34.5 Å². The first kappa shape index (κ1) is 27.2. The molecule has 0 aliphatic carbocycles. The summed E-state index contributed by atoms with van der Waals surface area (Å²) in [6.07, 6.45) is -11.5. The molecule has 3 heterocycles. The van der Waals surface area contributed by atoms with Gasteiger partial charge in [0.1, 0.15) is 53.0 Å². The molecule has 0 radical (unpaired) electrons. The maximum atomic E-state index is 14.1. The highest BCUT2D eigenvalue weighted by molar-refractivity contribution is 6.09. The molecular weight excluding hydrogens is 524 g/mol. The number of rotatable bonds is 6. The predicted octanol–water partition coefficient (Wildman–Crippen LogP) is -1.57. The van der Waals surface area contributed by atoms with E-state index in [1.54, 1.807) is 0 Å². The van der Waals surface area contributed by atoms with Gasteiger partial charge in [0.25, 0.3) is 0 Å². The number of fused-ring (bicyclic) bond motifs is 4. The van der Waals surface area contributed by atoms with Gasteiger partial charge in [0.05, 0.1) is 27.9 Å². The molecule has 3 aliphatic rings. The van der Waals surface area contributed by atoms with Gasteiger partial charge in [-0.25, -0.2) is 0 Å². The number of methoxy groups -OCH3 is 3. The van der Waals surface area contributed by atoms with E-state index < -0.39 is 61.1 Å². The van der Waals surface area contributed by atoms with Crippen LogP contribution >= 0.6 is 0 Å². The van der Waals surface area contributed by atoms with Crippen LogP contribution in [-0.2, 0) is 10.3 Å². The molecule has 0 spiro atoms. The van der Waals surface area contributed by atoms with E-state index in [1.807, 2.05) is 0 Å². The van der Waals surface area contributed by atoms with Crippen LogP contribution in [0.15, 0.2) is 24.3 Å². The Morgan fingerprint density at radius 1 is 0.846 bits per heavy atom. The van der Waals surface area contributed by atoms with E-state index in [2.05, 4.69) is 0 Å². The Labute approximate surface area is 221 Å². The third-order valence-corrected chi connectivity index (χ3v) is 7.01. The first-order chi connectivity index (χ1) is 18.6. The molecule has 1 fully saturated rings. The van der Waals surface area contributed by atoms with Crippen LogP contribution in [-0.4, -0.2) is 107 Å². The van der Waals surface area contributed by atoms with Crippen LogP contribution in [0.4, 0.5) is 0 Å². The van der Waals surface area contributed by atoms with E-state index in [0.717, 1.165) is 0 Å². The van der Waals surface area contributed by atoms with Gasteiger partial charge in [-0.2, -0.15) is 0 Å². The Balaban J connectivity index is 1.62. The summed E-state index contributed by atoms with van der Waals surface area (Å²) in [4.78, 5) is 14.1. The summed E-state index contributed by atoms with van der Waals surface area (Å²) >= 11 is 0. The van der Waals surface area contributed by atoms with Crippen molar-refractivity contribution < 1.29 is 68.6 Å². The van der Waals surface area contributed by atoms with Gasteiger partial charge in [0, 0.05) is 23.8 Å². The van der Waals surface area contributed by atoms with Crippen LogP contribution in [0, 0.1) is 0 Å². The number of ketones is 1. The average molecular weight is 552 g/mol. The van der Waals surface area contributed by atoms with Gasteiger partial charge in [-0.15, -0.1) is 0 Å². The number of aliphatic hydroxyl groups excluding tert-OH is 5. The third-order valence-electron chi connectivity index (χ3n) is 7.01. The number of ether oxygens (including phenoxy) is 7. The van der Waals surface area contributed by atoms with Crippen molar-refractivity contribution in [2.24, 2.45) is 0 Å². The highest BCUT2D eigenvalue weighted by atomic mass is 16.7. The Kier molecular flexibility index (Phi) is 6.97. The monoisotopic (exact) mass is 552 g/mol. The van der Waals surface area contributed by atoms with Crippen LogP contribution in [0.3, 0.4) is 0 Å². The zero-order valence-electron chi connectivity index (χ0n) is 21.0. The lowest BCUT2D eigenvalue weighted by Gasteiger charge is -2.45. The SMILES string of the molecule is COc1cc(OC2OC(CO)C(O)C(O)C2O)c2c(c1)O[C@@H]1[C@H](O)Oc3cc(OC)c(OC)cc3[C@]1(O)C2=O. The fraction of sp³-hybridized carbons (Fsp3) is 0.480. The molecule has 6 N–H and O–H groups in total. The molecule has 0 amide bonds. The van der Waals surface area contributed by atoms with E-state index >= 15 is 0 Å². The molecule has 14 heteroatoms. The van der Waals surface area contributed by atoms with Crippen LogP contribution in [0.25, 0.3) is 0 Å². The summed E-state index contributed by atoms with van der Waals surface area (Å²) in [7, 11) is 4.06. The molecule has 0 bridgehead atoms. The fourth-order valence-corrected chi connectivity index (χ4v) is 4.91. The van der Waals surface area contributed by atoms with E-state index in [9.17, 15) is 35.4 Å². The van der Waals surface area contributed by atoms with Gasteiger partial charge in [-0.3, -0.25) is 4.79 Å². The largest absolute Gasteiger partial charge is 0.496 e. The maximum absolute atomic E-state index is 14.1. The Hall–Kier alpha value is -3.37.